The number of ether oxygens (including phenoxy) is 4. The zero-order valence-electron chi connectivity index (χ0n) is 15.9. The molecule has 0 heterocycles. The molecule has 2 rings (SSSR count). The number of hydrogen-bond donors (Lipinski definition) is 0. The quantitative estimate of drug-likeness (QED) is 0.725. The van der Waals surface area contributed by atoms with Gasteiger partial charge in [0.25, 0.3) is 5.91 Å². The zero-order valence-corrected chi connectivity index (χ0v) is 15.9. The average molecular weight is 359 g/mol. The van der Waals surface area contributed by atoms with Crippen LogP contribution in [0.5, 0.6) is 23.0 Å². The fraction of sp³-hybridized carbons (Fsp3) is 0.350. The van der Waals surface area contributed by atoms with Gasteiger partial charge < -0.3 is 23.8 Å². The Hall–Kier alpha value is -2.89. The first-order chi connectivity index (χ1) is 12.5. The molecule has 140 valence electrons. The Kier molecular flexibility index (Phi) is 6.72. The third kappa shape index (κ3) is 4.81. The summed E-state index contributed by atoms with van der Waals surface area (Å²) in [5.74, 6) is 2.31. The maximum absolute atomic E-state index is 12.4. The van der Waals surface area contributed by atoms with Gasteiger partial charge in [0.05, 0.1) is 21.3 Å². The van der Waals surface area contributed by atoms with Gasteiger partial charge in [-0.1, -0.05) is 12.1 Å². The number of methoxy groups -OCH3 is 3. The summed E-state index contributed by atoms with van der Waals surface area (Å²) in [6, 6.07) is 11.2. The molecule has 0 bridgehead atoms. The molecule has 26 heavy (non-hydrogen) atoms. The van der Waals surface area contributed by atoms with Crippen LogP contribution in [0.25, 0.3) is 0 Å². The van der Waals surface area contributed by atoms with Crippen molar-refractivity contribution in [1.82, 2.24) is 4.90 Å². The lowest BCUT2D eigenvalue weighted by Gasteiger charge is -2.19. The molecule has 0 saturated carbocycles. The Bertz CT molecular complexity index is 760. The van der Waals surface area contributed by atoms with E-state index in [1.54, 1.807) is 39.3 Å². The van der Waals surface area contributed by atoms with Crippen LogP contribution in [0.3, 0.4) is 0 Å². The Morgan fingerprint density at radius 1 is 0.885 bits per heavy atom. The van der Waals surface area contributed by atoms with Gasteiger partial charge in [-0.25, -0.2) is 0 Å². The van der Waals surface area contributed by atoms with E-state index in [-0.39, 0.29) is 12.5 Å². The summed E-state index contributed by atoms with van der Waals surface area (Å²) in [7, 11) is 6.48. The van der Waals surface area contributed by atoms with Crippen LogP contribution in [0.2, 0.25) is 0 Å². The van der Waals surface area contributed by atoms with Crippen LogP contribution >= 0.6 is 0 Å². The molecule has 0 radical (unpaired) electrons. The lowest BCUT2D eigenvalue weighted by molar-refractivity contribution is -0.132. The topological polar surface area (TPSA) is 57.2 Å². The van der Waals surface area contributed by atoms with Crippen molar-refractivity contribution in [2.24, 2.45) is 0 Å². The number of hydrogen-bond acceptors (Lipinski definition) is 5. The summed E-state index contributed by atoms with van der Waals surface area (Å²) in [5.41, 5.74) is 2.00. The second-order valence-electron chi connectivity index (χ2n) is 5.88. The zero-order chi connectivity index (χ0) is 19.1. The van der Waals surface area contributed by atoms with Crippen molar-refractivity contribution in [2.45, 2.75) is 13.5 Å². The third-order valence-corrected chi connectivity index (χ3v) is 3.96. The number of nitrogens with zero attached hydrogens (tertiary/aromatic N) is 1. The molecule has 0 atom stereocenters. The average Bonchev–Trinajstić information content (AvgIpc) is 2.66. The summed E-state index contributed by atoms with van der Waals surface area (Å²) >= 11 is 0. The predicted molar refractivity (Wildman–Crippen MR) is 99.2 cm³/mol. The Morgan fingerprint density at radius 3 is 2.15 bits per heavy atom. The van der Waals surface area contributed by atoms with E-state index < -0.39 is 0 Å². The minimum absolute atomic E-state index is 0.0663. The molecule has 0 unspecified atom stereocenters. The van der Waals surface area contributed by atoms with Gasteiger partial charge in [-0.05, 0) is 42.3 Å². The van der Waals surface area contributed by atoms with Crippen LogP contribution in [0.15, 0.2) is 36.4 Å². The maximum atomic E-state index is 12.4. The van der Waals surface area contributed by atoms with E-state index in [1.807, 2.05) is 37.3 Å². The van der Waals surface area contributed by atoms with Crippen molar-refractivity contribution in [1.29, 1.82) is 0 Å². The van der Waals surface area contributed by atoms with Gasteiger partial charge in [-0.15, -0.1) is 0 Å². The van der Waals surface area contributed by atoms with E-state index in [0.717, 1.165) is 11.1 Å². The van der Waals surface area contributed by atoms with Gasteiger partial charge in [0.1, 0.15) is 0 Å². The van der Waals surface area contributed by atoms with Crippen molar-refractivity contribution < 1.29 is 23.7 Å². The van der Waals surface area contributed by atoms with Crippen LogP contribution in [0.1, 0.15) is 11.1 Å². The number of carbonyl (C=O) groups is 1. The number of carbonyl (C=O) groups excluding carboxylic acids is 1. The lowest BCUT2D eigenvalue weighted by atomic mass is 10.2. The van der Waals surface area contributed by atoms with Crippen LogP contribution in [0.4, 0.5) is 0 Å². The van der Waals surface area contributed by atoms with Gasteiger partial charge in [0, 0.05) is 13.6 Å². The molecule has 2 aromatic carbocycles. The van der Waals surface area contributed by atoms with Crippen LogP contribution in [0, 0.1) is 6.92 Å². The Balaban J connectivity index is 1.98. The van der Waals surface area contributed by atoms with E-state index in [9.17, 15) is 4.79 Å². The first kappa shape index (κ1) is 19.4. The molecule has 1 amide bonds. The Morgan fingerprint density at radius 2 is 1.50 bits per heavy atom. The molecule has 0 spiro atoms. The lowest BCUT2D eigenvalue weighted by Crippen LogP contribution is -2.31. The van der Waals surface area contributed by atoms with Crippen LogP contribution in [-0.4, -0.2) is 45.8 Å². The summed E-state index contributed by atoms with van der Waals surface area (Å²) in [6.45, 7) is 2.34. The molecule has 2 aromatic rings. The molecule has 6 nitrogen and oxygen atoms in total. The largest absolute Gasteiger partial charge is 0.493 e. The van der Waals surface area contributed by atoms with Crippen molar-refractivity contribution in [3.63, 3.8) is 0 Å². The molecule has 0 aliphatic rings. The predicted octanol–water partition coefficient (Wildman–Crippen LogP) is 3.06. The first-order valence-electron chi connectivity index (χ1n) is 8.20. The van der Waals surface area contributed by atoms with Crippen molar-refractivity contribution >= 4 is 5.91 Å². The monoisotopic (exact) mass is 359 g/mol. The maximum Gasteiger partial charge on any atom is 0.260 e. The molecular formula is C20H25NO5. The minimum Gasteiger partial charge on any atom is -0.493 e. The fourth-order valence-electron chi connectivity index (χ4n) is 2.48. The first-order valence-corrected chi connectivity index (χ1v) is 8.20. The van der Waals surface area contributed by atoms with E-state index in [0.29, 0.717) is 29.5 Å². The molecule has 0 aliphatic heterocycles. The number of rotatable bonds is 8. The summed E-state index contributed by atoms with van der Waals surface area (Å²) in [5, 5.41) is 0. The third-order valence-electron chi connectivity index (χ3n) is 3.96. The molecular weight excluding hydrogens is 334 g/mol. The summed E-state index contributed by atoms with van der Waals surface area (Å²) in [4.78, 5) is 14.0. The molecule has 0 fully saturated rings. The summed E-state index contributed by atoms with van der Waals surface area (Å²) < 4.78 is 21.4. The van der Waals surface area contributed by atoms with Crippen molar-refractivity contribution in [3.05, 3.63) is 47.5 Å². The van der Waals surface area contributed by atoms with E-state index in [2.05, 4.69) is 0 Å². The molecule has 0 N–H and O–H groups in total. The van der Waals surface area contributed by atoms with E-state index in [4.69, 9.17) is 18.9 Å². The van der Waals surface area contributed by atoms with Gasteiger partial charge in [0.15, 0.2) is 29.6 Å². The van der Waals surface area contributed by atoms with Crippen molar-refractivity contribution in [3.8, 4) is 23.0 Å². The normalized spacial score (nSPS) is 10.2. The number of benzene rings is 2. The van der Waals surface area contributed by atoms with Gasteiger partial charge in [-0.3, -0.25) is 4.79 Å². The molecule has 0 aliphatic carbocycles. The van der Waals surface area contributed by atoms with E-state index >= 15 is 0 Å². The SMILES string of the molecule is COc1ccc(CN(C)C(=O)COc2ccc(C)cc2OC)cc1OC. The smallest absolute Gasteiger partial charge is 0.260 e. The van der Waals surface area contributed by atoms with Crippen LogP contribution < -0.4 is 18.9 Å². The highest BCUT2D eigenvalue weighted by Crippen LogP contribution is 2.29. The summed E-state index contributed by atoms with van der Waals surface area (Å²) in [6.07, 6.45) is 0. The number of aryl methyl sites for hydroxylation is 1. The highest BCUT2D eigenvalue weighted by atomic mass is 16.5. The highest BCUT2D eigenvalue weighted by Gasteiger charge is 2.13. The number of likely N-dealkylation sites (N-methyl/N-ethyl adjacent to an activating group) is 1. The molecule has 6 heteroatoms. The fourth-order valence-corrected chi connectivity index (χ4v) is 2.48. The minimum atomic E-state index is -0.137. The molecule has 0 saturated heterocycles. The van der Waals surface area contributed by atoms with Gasteiger partial charge >= 0.3 is 0 Å². The number of amides is 1. The Labute approximate surface area is 154 Å². The van der Waals surface area contributed by atoms with Crippen LogP contribution in [-0.2, 0) is 11.3 Å². The van der Waals surface area contributed by atoms with Crippen molar-refractivity contribution in [2.75, 3.05) is 35.0 Å². The second-order valence-corrected chi connectivity index (χ2v) is 5.88. The second kappa shape index (κ2) is 8.99. The standard InChI is InChI=1S/C20H25NO5/c1-14-6-8-17(18(10-14)24-4)26-13-20(22)21(2)12-15-7-9-16(23-3)19(11-15)25-5/h6-11H,12-13H2,1-5H3. The van der Waals surface area contributed by atoms with Gasteiger partial charge in [-0.2, -0.15) is 0 Å². The highest BCUT2D eigenvalue weighted by molar-refractivity contribution is 5.77. The van der Waals surface area contributed by atoms with Gasteiger partial charge in [0.2, 0.25) is 0 Å². The molecule has 0 aromatic heterocycles. The van der Waals surface area contributed by atoms with E-state index in [1.165, 1.54) is 0 Å².